The van der Waals surface area contributed by atoms with Crippen LogP contribution < -0.4 is 0 Å². The molecule has 0 aromatic carbocycles. The van der Waals surface area contributed by atoms with E-state index in [4.69, 9.17) is 11.6 Å². The topological polar surface area (TPSA) is 0 Å². The van der Waals surface area contributed by atoms with Gasteiger partial charge in [-0.05, 0) is 11.6 Å². The second-order valence-corrected chi connectivity index (χ2v) is 2.43. The van der Waals surface area contributed by atoms with Crippen molar-refractivity contribution >= 4 is 24.2 Å². The summed E-state index contributed by atoms with van der Waals surface area (Å²) in [5.41, 5.74) is 1.14. The van der Waals surface area contributed by atoms with Crippen molar-refractivity contribution in [2.45, 2.75) is 0 Å². The van der Waals surface area contributed by atoms with E-state index in [2.05, 4.69) is 18.7 Å². The Labute approximate surface area is 65.3 Å². The molecule has 2 heteroatoms. The van der Waals surface area contributed by atoms with Crippen LogP contribution in [0.3, 0.4) is 0 Å². The van der Waals surface area contributed by atoms with Gasteiger partial charge in [-0.25, -0.2) is 0 Å². The molecule has 0 fully saturated rings. The molecule has 1 aliphatic rings. The summed E-state index contributed by atoms with van der Waals surface area (Å²) in [5.74, 6) is 0.744. The molecule has 46 valence electrons. The number of rotatable bonds is 1. The van der Waals surface area contributed by atoms with Crippen LogP contribution in [0.5, 0.6) is 0 Å². The lowest BCUT2D eigenvalue weighted by atomic mass is 10.2. The molecule has 0 saturated heterocycles. The zero-order valence-corrected chi connectivity index (χ0v) is 6.41. The number of allylic oxidation sites excluding steroid dienone is 5. The van der Waals surface area contributed by atoms with Crippen molar-refractivity contribution in [1.29, 1.82) is 0 Å². The first kappa shape index (κ1) is 6.88. The van der Waals surface area contributed by atoms with Gasteiger partial charge < -0.3 is 0 Å². The predicted octanol–water partition coefficient (Wildman–Crippen LogP) is 2.34. The maximum absolute atomic E-state index is 5.59. The third kappa shape index (κ3) is 1.87. The maximum atomic E-state index is 5.59. The lowest BCUT2D eigenvalue weighted by Gasteiger charge is -1.87. The summed E-state index contributed by atoms with van der Waals surface area (Å²) < 4.78 is 0. The standard InChI is InChI=1S/C7H5ClS/c8-7-3-1-6(5-9)2-4-7/h1-3H,5H2/p+1. The summed E-state index contributed by atoms with van der Waals surface area (Å²) in [5, 5.41) is 0.653. The highest BCUT2D eigenvalue weighted by molar-refractivity contribution is 7.80. The van der Waals surface area contributed by atoms with E-state index in [9.17, 15) is 0 Å². The summed E-state index contributed by atoms with van der Waals surface area (Å²) in [6.07, 6.45) is 8.46. The Morgan fingerprint density at radius 3 is 2.78 bits per heavy atom. The van der Waals surface area contributed by atoms with E-state index in [-0.39, 0.29) is 0 Å². The minimum Gasteiger partial charge on any atom is -0.160 e. The summed E-state index contributed by atoms with van der Waals surface area (Å²) in [7, 11) is 0. The molecule has 0 N–H and O–H groups in total. The summed E-state index contributed by atoms with van der Waals surface area (Å²) >= 11 is 9.67. The molecule has 0 aromatic heterocycles. The highest BCUT2D eigenvalue weighted by Crippen LogP contribution is 2.12. The van der Waals surface area contributed by atoms with Crippen LogP contribution in [0.4, 0.5) is 0 Å². The Hall–Kier alpha value is -0.230. The minimum atomic E-state index is 0.653. The van der Waals surface area contributed by atoms with E-state index in [1.807, 2.05) is 18.2 Å². The molecule has 0 saturated carbocycles. The zero-order valence-electron chi connectivity index (χ0n) is 4.76. The van der Waals surface area contributed by atoms with Crippen LogP contribution in [0.25, 0.3) is 0 Å². The van der Waals surface area contributed by atoms with Crippen molar-refractivity contribution in [3.8, 4) is 0 Å². The molecule has 0 nitrogen and oxygen atoms in total. The van der Waals surface area contributed by atoms with Crippen molar-refractivity contribution in [1.82, 2.24) is 0 Å². The summed E-state index contributed by atoms with van der Waals surface area (Å²) in [4.78, 5) is 0. The number of thiol groups is 1. The van der Waals surface area contributed by atoms with Gasteiger partial charge in [-0.2, -0.15) is 12.6 Å². The average molecular weight is 158 g/mol. The molecule has 0 amide bonds. The van der Waals surface area contributed by atoms with Gasteiger partial charge in [-0.1, -0.05) is 0 Å². The molecule has 1 rings (SSSR count). The van der Waals surface area contributed by atoms with Gasteiger partial charge in [0.1, 0.15) is 6.08 Å². The average Bonchev–Trinajstić information content (AvgIpc) is 1.90. The van der Waals surface area contributed by atoms with E-state index in [1.165, 1.54) is 0 Å². The fourth-order valence-electron chi connectivity index (χ4n) is 0.536. The maximum Gasteiger partial charge on any atom is 0.204 e. The fourth-order valence-corrected chi connectivity index (χ4v) is 0.851. The molecule has 0 atom stereocenters. The van der Waals surface area contributed by atoms with Gasteiger partial charge in [-0.15, -0.1) is 0 Å². The first-order chi connectivity index (χ1) is 4.33. The monoisotopic (exact) mass is 157 g/mol. The van der Waals surface area contributed by atoms with Crippen LogP contribution in [-0.4, -0.2) is 5.75 Å². The zero-order chi connectivity index (χ0) is 6.69. The Bertz CT molecular complexity index is 189. The first-order valence-corrected chi connectivity index (χ1v) is 3.61. The minimum absolute atomic E-state index is 0.653. The summed E-state index contributed by atoms with van der Waals surface area (Å²) in [6.45, 7) is 0. The lowest BCUT2D eigenvalue weighted by Crippen LogP contribution is -1.82. The molecule has 0 unspecified atom stereocenters. The number of hydrogen-bond acceptors (Lipinski definition) is 1. The van der Waals surface area contributed by atoms with Crippen molar-refractivity contribution in [3.63, 3.8) is 0 Å². The molecule has 0 bridgehead atoms. The smallest absolute Gasteiger partial charge is 0.160 e. The van der Waals surface area contributed by atoms with Gasteiger partial charge in [0.15, 0.2) is 0 Å². The van der Waals surface area contributed by atoms with Crippen molar-refractivity contribution < 1.29 is 0 Å². The normalized spacial score (nSPS) is 16.2. The molecule has 9 heavy (non-hydrogen) atoms. The van der Waals surface area contributed by atoms with Crippen LogP contribution in [0.1, 0.15) is 0 Å². The quantitative estimate of drug-likeness (QED) is 0.439. The van der Waals surface area contributed by atoms with E-state index >= 15 is 0 Å². The predicted molar refractivity (Wildman–Crippen MR) is 43.7 cm³/mol. The van der Waals surface area contributed by atoms with Gasteiger partial charge in [-0.3, -0.25) is 0 Å². The van der Waals surface area contributed by atoms with Crippen molar-refractivity contribution in [2.75, 3.05) is 5.75 Å². The highest BCUT2D eigenvalue weighted by Gasteiger charge is 2.04. The molecule has 0 radical (unpaired) electrons. The van der Waals surface area contributed by atoms with E-state index in [0.717, 1.165) is 11.3 Å². The molecule has 0 aromatic rings. The van der Waals surface area contributed by atoms with E-state index in [0.29, 0.717) is 5.03 Å². The van der Waals surface area contributed by atoms with Gasteiger partial charge in [0.2, 0.25) is 5.03 Å². The Kier molecular flexibility index (Phi) is 2.35. The van der Waals surface area contributed by atoms with Gasteiger partial charge >= 0.3 is 0 Å². The Morgan fingerprint density at radius 1 is 1.56 bits per heavy atom. The molecular formula is C7H6ClS+. The second-order valence-electron chi connectivity index (χ2n) is 1.70. The van der Waals surface area contributed by atoms with Gasteiger partial charge in [0, 0.05) is 0 Å². The van der Waals surface area contributed by atoms with Gasteiger partial charge in [0.05, 0.1) is 29.6 Å². The molecule has 0 aliphatic heterocycles. The van der Waals surface area contributed by atoms with Crippen molar-refractivity contribution in [3.05, 3.63) is 34.9 Å². The first-order valence-electron chi connectivity index (χ1n) is 2.60. The molecule has 0 spiro atoms. The number of hydrogen-bond donors (Lipinski definition) is 1. The second kappa shape index (κ2) is 3.07. The van der Waals surface area contributed by atoms with Gasteiger partial charge in [0.25, 0.3) is 0 Å². The largest absolute Gasteiger partial charge is 0.204 e. The fraction of sp³-hybridized carbons (Fsp3) is 0.143. The Balaban J connectivity index is 2.75. The molecule has 1 aliphatic carbocycles. The van der Waals surface area contributed by atoms with E-state index < -0.39 is 0 Å². The third-order valence-corrected chi connectivity index (χ3v) is 1.62. The van der Waals surface area contributed by atoms with Crippen LogP contribution >= 0.6 is 24.2 Å². The van der Waals surface area contributed by atoms with Crippen LogP contribution in [0.15, 0.2) is 28.8 Å². The van der Waals surface area contributed by atoms with Crippen LogP contribution in [0.2, 0.25) is 0 Å². The van der Waals surface area contributed by atoms with Crippen LogP contribution in [0, 0.1) is 6.08 Å². The summed E-state index contributed by atoms with van der Waals surface area (Å²) in [6, 6.07) is 0. The Morgan fingerprint density at radius 2 is 2.33 bits per heavy atom. The van der Waals surface area contributed by atoms with Crippen molar-refractivity contribution in [2.24, 2.45) is 0 Å². The molecular weight excluding hydrogens is 152 g/mol. The lowest BCUT2D eigenvalue weighted by molar-refractivity contribution is 1.50. The highest BCUT2D eigenvalue weighted by atomic mass is 35.5. The molecule has 0 heterocycles. The third-order valence-electron chi connectivity index (χ3n) is 1.02. The SMILES string of the molecule is SCC1=C[C+]=C(Cl)C=C1. The number of halogens is 1. The van der Waals surface area contributed by atoms with Crippen LogP contribution in [-0.2, 0) is 0 Å². The van der Waals surface area contributed by atoms with E-state index in [1.54, 1.807) is 0 Å².